The number of urea groups is 1. The maximum absolute atomic E-state index is 13.5. The SMILES string of the molecule is NC(=O)CCCCNC(=O)Nc1c(F)cccc1C(=O)O. The molecule has 1 aromatic rings. The number of para-hydroxylation sites is 1. The number of hydrogen-bond acceptors (Lipinski definition) is 3. The number of carbonyl (C=O) groups excluding carboxylic acids is 2. The van der Waals surface area contributed by atoms with Gasteiger partial charge in [0.2, 0.25) is 5.91 Å². The van der Waals surface area contributed by atoms with Gasteiger partial charge in [-0.05, 0) is 25.0 Å². The number of carboxylic acids is 1. The molecule has 0 aliphatic heterocycles. The van der Waals surface area contributed by atoms with Gasteiger partial charge in [0.05, 0.1) is 11.3 Å². The molecule has 0 fully saturated rings. The van der Waals surface area contributed by atoms with Gasteiger partial charge < -0.3 is 21.5 Å². The summed E-state index contributed by atoms with van der Waals surface area (Å²) in [5.41, 5.74) is 4.24. The number of anilines is 1. The average Bonchev–Trinajstić information content (AvgIpc) is 2.40. The van der Waals surface area contributed by atoms with Crippen LogP contribution in [0.3, 0.4) is 0 Å². The van der Waals surface area contributed by atoms with Crippen LogP contribution in [0, 0.1) is 5.82 Å². The van der Waals surface area contributed by atoms with Crippen molar-refractivity contribution in [3.8, 4) is 0 Å². The number of nitrogens with one attached hydrogen (secondary N) is 2. The zero-order valence-corrected chi connectivity index (χ0v) is 11.2. The van der Waals surface area contributed by atoms with Crippen molar-refractivity contribution in [2.45, 2.75) is 19.3 Å². The van der Waals surface area contributed by atoms with Crippen LogP contribution in [-0.2, 0) is 4.79 Å². The standard InChI is InChI=1S/C13H16FN3O4/c14-9-5-3-4-8(12(19)20)11(9)17-13(21)16-7-2-1-6-10(15)18/h3-5H,1-2,6-7H2,(H2,15,18)(H,19,20)(H2,16,17,21). The molecule has 0 saturated carbocycles. The summed E-state index contributed by atoms with van der Waals surface area (Å²) in [7, 11) is 0. The second kappa shape index (κ2) is 7.83. The predicted octanol–water partition coefficient (Wildman–Crippen LogP) is 1.30. The number of aromatic carboxylic acids is 1. The fourth-order valence-corrected chi connectivity index (χ4v) is 1.61. The summed E-state index contributed by atoms with van der Waals surface area (Å²) in [4.78, 5) is 33.0. The molecule has 0 aliphatic rings. The first kappa shape index (κ1) is 16.4. The van der Waals surface area contributed by atoms with Gasteiger partial charge in [-0.1, -0.05) is 6.07 Å². The summed E-state index contributed by atoms with van der Waals surface area (Å²) in [5, 5.41) is 13.5. The Bertz CT molecular complexity index is 548. The highest BCUT2D eigenvalue weighted by Gasteiger charge is 2.16. The monoisotopic (exact) mass is 297 g/mol. The van der Waals surface area contributed by atoms with Gasteiger partial charge in [0, 0.05) is 13.0 Å². The van der Waals surface area contributed by atoms with Crippen LogP contribution in [-0.4, -0.2) is 29.6 Å². The number of halogens is 1. The molecule has 0 aliphatic carbocycles. The van der Waals surface area contributed by atoms with Crippen molar-refractivity contribution >= 4 is 23.6 Å². The van der Waals surface area contributed by atoms with Crippen LogP contribution in [0.15, 0.2) is 18.2 Å². The van der Waals surface area contributed by atoms with E-state index < -0.39 is 23.7 Å². The van der Waals surface area contributed by atoms with E-state index in [1.54, 1.807) is 0 Å². The van der Waals surface area contributed by atoms with Crippen molar-refractivity contribution in [1.29, 1.82) is 0 Å². The third-order valence-electron chi connectivity index (χ3n) is 2.62. The van der Waals surface area contributed by atoms with Crippen LogP contribution in [0.4, 0.5) is 14.9 Å². The van der Waals surface area contributed by atoms with Gasteiger partial charge in [-0.2, -0.15) is 0 Å². The number of primary amides is 1. The van der Waals surface area contributed by atoms with Gasteiger partial charge in [-0.3, -0.25) is 4.79 Å². The van der Waals surface area contributed by atoms with E-state index in [1.165, 1.54) is 12.1 Å². The van der Waals surface area contributed by atoms with Crippen LogP contribution < -0.4 is 16.4 Å². The highest BCUT2D eigenvalue weighted by Crippen LogP contribution is 2.19. The van der Waals surface area contributed by atoms with E-state index >= 15 is 0 Å². The molecule has 0 spiro atoms. The second-order valence-electron chi connectivity index (χ2n) is 4.27. The largest absolute Gasteiger partial charge is 0.478 e. The molecule has 1 aromatic carbocycles. The van der Waals surface area contributed by atoms with E-state index in [1.807, 2.05) is 0 Å². The van der Waals surface area contributed by atoms with E-state index in [-0.39, 0.29) is 24.2 Å². The summed E-state index contributed by atoms with van der Waals surface area (Å²) < 4.78 is 13.5. The molecule has 3 amide bonds. The third kappa shape index (κ3) is 5.47. The average molecular weight is 297 g/mol. The lowest BCUT2D eigenvalue weighted by Gasteiger charge is -2.10. The minimum absolute atomic E-state index is 0.222. The zero-order valence-electron chi connectivity index (χ0n) is 11.2. The second-order valence-corrected chi connectivity index (χ2v) is 4.27. The Morgan fingerprint density at radius 1 is 1.24 bits per heavy atom. The Labute approximate surface area is 120 Å². The molecule has 7 nitrogen and oxygen atoms in total. The molecule has 21 heavy (non-hydrogen) atoms. The lowest BCUT2D eigenvalue weighted by Crippen LogP contribution is -2.30. The Kier molecular flexibility index (Phi) is 6.12. The Morgan fingerprint density at radius 2 is 1.95 bits per heavy atom. The summed E-state index contributed by atoms with van der Waals surface area (Å²) in [6.07, 6.45) is 1.27. The highest BCUT2D eigenvalue weighted by molar-refractivity contribution is 6.00. The molecule has 0 unspecified atom stereocenters. The van der Waals surface area contributed by atoms with Gasteiger partial charge >= 0.3 is 12.0 Å². The maximum Gasteiger partial charge on any atom is 0.337 e. The van der Waals surface area contributed by atoms with Gasteiger partial charge in [0.15, 0.2) is 0 Å². The molecule has 0 saturated heterocycles. The maximum atomic E-state index is 13.5. The summed E-state index contributed by atoms with van der Waals surface area (Å²) in [6.45, 7) is 0.260. The number of nitrogens with two attached hydrogens (primary N) is 1. The van der Waals surface area contributed by atoms with Crippen LogP contribution in [0.2, 0.25) is 0 Å². The van der Waals surface area contributed by atoms with Crippen LogP contribution in [0.25, 0.3) is 0 Å². The van der Waals surface area contributed by atoms with Gasteiger partial charge in [0.1, 0.15) is 5.82 Å². The van der Waals surface area contributed by atoms with Crippen molar-refractivity contribution < 1.29 is 23.9 Å². The van der Waals surface area contributed by atoms with Gasteiger partial charge in [0.25, 0.3) is 0 Å². The first-order valence-corrected chi connectivity index (χ1v) is 6.26. The van der Waals surface area contributed by atoms with Crippen molar-refractivity contribution in [2.24, 2.45) is 5.73 Å². The molecule has 0 radical (unpaired) electrons. The molecule has 5 N–H and O–H groups in total. The predicted molar refractivity (Wildman–Crippen MR) is 73.4 cm³/mol. The molecule has 0 aromatic heterocycles. The number of carbonyl (C=O) groups is 3. The third-order valence-corrected chi connectivity index (χ3v) is 2.62. The number of amides is 3. The molecule has 0 bridgehead atoms. The molecular weight excluding hydrogens is 281 g/mol. The molecule has 1 rings (SSSR count). The van der Waals surface area contributed by atoms with Crippen molar-refractivity contribution in [3.05, 3.63) is 29.6 Å². The molecule has 8 heteroatoms. The smallest absolute Gasteiger partial charge is 0.337 e. The van der Waals surface area contributed by atoms with Crippen LogP contribution in [0.1, 0.15) is 29.6 Å². The van der Waals surface area contributed by atoms with E-state index in [0.29, 0.717) is 12.8 Å². The Balaban J connectivity index is 2.52. The number of carboxylic acid groups (broad SMARTS) is 1. The fraction of sp³-hybridized carbons (Fsp3) is 0.308. The normalized spacial score (nSPS) is 9.95. The summed E-state index contributed by atoms with van der Waals surface area (Å²) in [5.74, 6) is -2.60. The zero-order chi connectivity index (χ0) is 15.8. The number of benzene rings is 1. The summed E-state index contributed by atoms with van der Waals surface area (Å²) in [6, 6.07) is 2.76. The number of hydrogen-bond donors (Lipinski definition) is 4. The number of unbranched alkanes of at least 4 members (excludes halogenated alkanes) is 1. The molecule has 0 heterocycles. The first-order chi connectivity index (χ1) is 9.91. The van der Waals surface area contributed by atoms with Crippen LogP contribution >= 0.6 is 0 Å². The topological polar surface area (TPSA) is 122 Å². The summed E-state index contributed by atoms with van der Waals surface area (Å²) >= 11 is 0. The van der Waals surface area contributed by atoms with Crippen molar-refractivity contribution in [1.82, 2.24) is 5.32 Å². The van der Waals surface area contributed by atoms with Crippen molar-refractivity contribution in [3.63, 3.8) is 0 Å². The fourth-order valence-electron chi connectivity index (χ4n) is 1.61. The first-order valence-electron chi connectivity index (χ1n) is 6.26. The quantitative estimate of drug-likeness (QED) is 0.567. The molecule has 114 valence electrons. The number of rotatable bonds is 7. The lowest BCUT2D eigenvalue weighted by atomic mass is 10.1. The highest BCUT2D eigenvalue weighted by atomic mass is 19.1. The van der Waals surface area contributed by atoms with Gasteiger partial charge in [-0.15, -0.1) is 0 Å². The Hall–Kier alpha value is -2.64. The van der Waals surface area contributed by atoms with E-state index in [2.05, 4.69) is 10.6 Å². The van der Waals surface area contributed by atoms with Gasteiger partial charge in [-0.25, -0.2) is 14.0 Å². The van der Waals surface area contributed by atoms with E-state index in [4.69, 9.17) is 10.8 Å². The Morgan fingerprint density at radius 3 is 2.57 bits per heavy atom. The molecule has 0 atom stereocenters. The minimum Gasteiger partial charge on any atom is -0.478 e. The molecular formula is C13H16FN3O4. The van der Waals surface area contributed by atoms with Crippen LogP contribution in [0.5, 0.6) is 0 Å². The lowest BCUT2D eigenvalue weighted by molar-refractivity contribution is -0.118. The van der Waals surface area contributed by atoms with Crippen molar-refractivity contribution in [2.75, 3.05) is 11.9 Å². The van der Waals surface area contributed by atoms with E-state index in [0.717, 1.165) is 6.07 Å². The minimum atomic E-state index is -1.34. The van der Waals surface area contributed by atoms with E-state index in [9.17, 15) is 18.8 Å².